The van der Waals surface area contributed by atoms with E-state index in [1.54, 1.807) is 25.4 Å². The maximum Gasteiger partial charge on any atom is 0.160 e. The lowest BCUT2D eigenvalue weighted by atomic mass is 10.2. The molecule has 0 spiro atoms. The highest BCUT2D eigenvalue weighted by Crippen LogP contribution is 2.37. The molecule has 0 saturated carbocycles. The van der Waals surface area contributed by atoms with Gasteiger partial charge in [-0.15, -0.1) is 0 Å². The van der Waals surface area contributed by atoms with E-state index in [1.165, 1.54) is 13.3 Å². The van der Waals surface area contributed by atoms with Gasteiger partial charge in [0.25, 0.3) is 0 Å². The molecule has 7 nitrogen and oxygen atoms in total. The van der Waals surface area contributed by atoms with Crippen molar-refractivity contribution in [3.8, 4) is 11.5 Å². The molecule has 1 aromatic carbocycles. The van der Waals surface area contributed by atoms with E-state index < -0.39 is 0 Å². The number of anilines is 3. The summed E-state index contributed by atoms with van der Waals surface area (Å²) in [5, 5.41) is 3.52. The third-order valence-electron chi connectivity index (χ3n) is 2.52. The molecule has 0 aliphatic rings. The fourth-order valence-corrected chi connectivity index (χ4v) is 1.82. The average molecular weight is 296 g/mol. The highest BCUT2D eigenvalue weighted by atomic mass is 35.5. The number of nitrogens with two attached hydrogens (primary N) is 1. The summed E-state index contributed by atoms with van der Waals surface area (Å²) in [7, 11) is 3.09. The van der Waals surface area contributed by atoms with Crippen LogP contribution in [0.1, 0.15) is 0 Å². The zero-order valence-corrected chi connectivity index (χ0v) is 11.7. The maximum absolute atomic E-state index is 6.04. The minimum Gasteiger partial charge on any atom is -0.495 e. The predicted molar refractivity (Wildman–Crippen MR) is 77.7 cm³/mol. The van der Waals surface area contributed by atoms with E-state index >= 15 is 0 Å². The Bertz CT molecular complexity index is 608. The number of hydrogen-bond acceptors (Lipinski definition) is 7. The normalized spacial score (nSPS) is 10.0. The summed E-state index contributed by atoms with van der Waals surface area (Å²) in [6.07, 6.45) is 3.06. The zero-order valence-electron chi connectivity index (χ0n) is 11.0. The summed E-state index contributed by atoms with van der Waals surface area (Å²) >= 11 is 6.04. The molecule has 1 aromatic heterocycles. The van der Waals surface area contributed by atoms with Gasteiger partial charge in [0.2, 0.25) is 0 Å². The second-order valence-electron chi connectivity index (χ2n) is 3.75. The van der Waals surface area contributed by atoms with Crippen molar-refractivity contribution in [2.45, 2.75) is 0 Å². The zero-order chi connectivity index (χ0) is 14.5. The van der Waals surface area contributed by atoms with Gasteiger partial charge in [0.1, 0.15) is 11.5 Å². The highest BCUT2D eigenvalue weighted by Gasteiger charge is 2.11. The lowest BCUT2D eigenvalue weighted by molar-refractivity contribution is 0.405. The van der Waals surface area contributed by atoms with E-state index in [9.17, 15) is 0 Å². The minimum atomic E-state index is 0.440. The summed E-state index contributed by atoms with van der Waals surface area (Å²) in [6.45, 7) is 0. The van der Waals surface area contributed by atoms with E-state index in [0.29, 0.717) is 33.8 Å². The molecule has 0 bridgehead atoms. The van der Waals surface area contributed by atoms with E-state index in [4.69, 9.17) is 26.9 Å². The molecule has 0 saturated heterocycles. The van der Waals surface area contributed by atoms with Gasteiger partial charge in [0.15, 0.2) is 11.6 Å². The van der Waals surface area contributed by atoms with Gasteiger partial charge >= 0.3 is 0 Å². The number of rotatable bonds is 5. The van der Waals surface area contributed by atoms with Crippen molar-refractivity contribution in [2.75, 3.05) is 25.0 Å². The first-order valence-electron chi connectivity index (χ1n) is 5.65. The fraction of sp³-hybridized carbons (Fsp3) is 0.167. The van der Waals surface area contributed by atoms with Crippen LogP contribution in [0.3, 0.4) is 0 Å². The lowest BCUT2D eigenvalue weighted by Gasteiger charge is -2.13. The molecule has 2 rings (SSSR count). The van der Waals surface area contributed by atoms with Crippen molar-refractivity contribution in [3.05, 3.63) is 29.5 Å². The second-order valence-corrected chi connectivity index (χ2v) is 4.15. The highest BCUT2D eigenvalue weighted by molar-refractivity contribution is 6.32. The van der Waals surface area contributed by atoms with E-state index in [2.05, 4.69) is 20.7 Å². The van der Waals surface area contributed by atoms with Crippen LogP contribution < -0.4 is 26.1 Å². The van der Waals surface area contributed by atoms with Crippen molar-refractivity contribution in [2.24, 2.45) is 5.84 Å². The molecule has 106 valence electrons. The van der Waals surface area contributed by atoms with Crippen molar-refractivity contribution in [1.29, 1.82) is 0 Å². The number of benzene rings is 1. The van der Waals surface area contributed by atoms with Crippen molar-refractivity contribution < 1.29 is 9.47 Å². The van der Waals surface area contributed by atoms with Gasteiger partial charge < -0.3 is 20.2 Å². The van der Waals surface area contributed by atoms with Crippen LogP contribution in [-0.2, 0) is 0 Å². The van der Waals surface area contributed by atoms with Crippen molar-refractivity contribution >= 4 is 28.9 Å². The SMILES string of the molecule is COc1cc(Nc2cncc(NN)n2)c(OC)cc1Cl. The lowest BCUT2D eigenvalue weighted by Crippen LogP contribution is -2.09. The first kappa shape index (κ1) is 14.2. The molecule has 0 amide bonds. The Balaban J connectivity index is 2.36. The molecular formula is C12H14ClN5O2. The van der Waals surface area contributed by atoms with E-state index in [0.717, 1.165) is 0 Å². The monoisotopic (exact) mass is 295 g/mol. The number of methoxy groups -OCH3 is 2. The number of hydrogen-bond donors (Lipinski definition) is 3. The van der Waals surface area contributed by atoms with Gasteiger partial charge in [-0.3, -0.25) is 4.98 Å². The maximum atomic E-state index is 6.04. The van der Waals surface area contributed by atoms with Crippen LogP contribution in [0.2, 0.25) is 5.02 Å². The number of nitrogen functional groups attached to an aromatic ring is 1. The molecule has 8 heteroatoms. The number of nitrogens with zero attached hydrogens (tertiary/aromatic N) is 2. The van der Waals surface area contributed by atoms with Crippen LogP contribution in [0.4, 0.5) is 17.3 Å². The summed E-state index contributed by atoms with van der Waals surface area (Å²) in [5.41, 5.74) is 3.07. The van der Waals surface area contributed by atoms with Gasteiger partial charge in [-0.25, -0.2) is 10.8 Å². The Hall–Kier alpha value is -2.25. The van der Waals surface area contributed by atoms with Gasteiger partial charge in [0.05, 0.1) is 37.3 Å². The quantitative estimate of drug-likeness (QED) is 0.575. The van der Waals surface area contributed by atoms with Crippen LogP contribution in [0.15, 0.2) is 24.5 Å². The van der Waals surface area contributed by atoms with Crippen LogP contribution >= 0.6 is 11.6 Å². The second kappa shape index (κ2) is 6.27. The summed E-state index contributed by atoms with van der Waals surface area (Å²) in [6, 6.07) is 3.37. The van der Waals surface area contributed by atoms with Gasteiger partial charge in [-0.05, 0) is 0 Å². The topological polar surface area (TPSA) is 94.3 Å². The third kappa shape index (κ3) is 3.01. The van der Waals surface area contributed by atoms with E-state index in [1.807, 2.05) is 0 Å². The Kier molecular flexibility index (Phi) is 4.44. The minimum absolute atomic E-state index is 0.440. The fourth-order valence-electron chi connectivity index (χ4n) is 1.59. The molecule has 0 atom stereocenters. The van der Waals surface area contributed by atoms with Crippen LogP contribution in [0.5, 0.6) is 11.5 Å². The average Bonchev–Trinajstić information content (AvgIpc) is 2.48. The Labute approximate surface area is 121 Å². The summed E-state index contributed by atoms with van der Waals surface area (Å²) in [4.78, 5) is 8.20. The summed E-state index contributed by atoms with van der Waals surface area (Å²) < 4.78 is 10.4. The van der Waals surface area contributed by atoms with Crippen LogP contribution in [0, 0.1) is 0 Å². The number of aromatic nitrogens is 2. The molecule has 1 heterocycles. The van der Waals surface area contributed by atoms with Gasteiger partial charge in [-0.2, -0.15) is 0 Å². The molecule has 0 aliphatic heterocycles. The van der Waals surface area contributed by atoms with E-state index in [-0.39, 0.29) is 0 Å². The van der Waals surface area contributed by atoms with Crippen molar-refractivity contribution in [3.63, 3.8) is 0 Å². The standard InChI is InChI=1S/C12H14ClN5O2/c1-19-9-4-8(10(20-2)3-7(9)13)16-11-5-15-6-12(17-11)18-14/h3-6H,14H2,1-2H3,(H2,16,17,18). The van der Waals surface area contributed by atoms with Crippen LogP contribution in [-0.4, -0.2) is 24.2 Å². The Morgan fingerprint density at radius 2 is 1.80 bits per heavy atom. The molecular weight excluding hydrogens is 282 g/mol. The Morgan fingerprint density at radius 3 is 2.45 bits per heavy atom. The molecule has 0 aliphatic carbocycles. The first-order chi connectivity index (χ1) is 9.67. The number of nitrogens with one attached hydrogen (secondary N) is 2. The molecule has 0 fully saturated rings. The number of ether oxygens (including phenoxy) is 2. The first-order valence-corrected chi connectivity index (χ1v) is 6.03. The summed E-state index contributed by atoms with van der Waals surface area (Å²) in [5.74, 6) is 7.32. The molecule has 2 aromatic rings. The molecule has 20 heavy (non-hydrogen) atoms. The molecule has 0 unspecified atom stereocenters. The predicted octanol–water partition coefficient (Wildman–Crippen LogP) is 2.18. The van der Waals surface area contributed by atoms with Gasteiger partial charge in [0, 0.05) is 12.1 Å². The largest absolute Gasteiger partial charge is 0.495 e. The van der Waals surface area contributed by atoms with Crippen molar-refractivity contribution in [1.82, 2.24) is 9.97 Å². The number of hydrazine groups is 1. The smallest absolute Gasteiger partial charge is 0.160 e. The number of halogens is 1. The third-order valence-corrected chi connectivity index (χ3v) is 2.81. The Morgan fingerprint density at radius 1 is 1.10 bits per heavy atom. The molecule has 0 radical (unpaired) electrons. The molecule has 4 N–H and O–H groups in total. The van der Waals surface area contributed by atoms with Crippen LogP contribution in [0.25, 0.3) is 0 Å². The van der Waals surface area contributed by atoms with Gasteiger partial charge in [-0.1, -0.05) is 11.6 Å².